The number of likely N-dealkylation sites (tertiary alicyclic amines) is 1. The van der Waals surface area contributed by atoms with Gasteiger partial charge in [-0.15, -0.1) is 24.8 Å². The van der Waals surface area contributed by atoms with Gasteiger partial charge in [0.05, 0.1) is 6.10 Å². The van der Waals surface area contributed by atoms with Crippen LogP contribution in [-0.2, 0) is 4.74 Å². The van der Waals surface area contributed by atoms with E-state index in [2.05, 4.69) is 18.7 Å². The highest BCUT2D eigenvalue weighted by Gasteiger charge is 2.37. The highest BCUT2D eigenvalue weighted by molar-refractivity contribution is 5.85. The molecule has 2 rings (SSSR count). The summed E-state index contributed by atoms with van der Waals surface area (Å²) in [5, 5.41) is 0. The van der Waals surface area contributed by atoms with Gasteiger partial charge in [-0.3, -0.25) is 4.90 Å². The van der Waals surface area contributed by atoms with Gasteiger partial charge >= 0.3 is 0 Å². The molecule has 0 aromatic heterocycles. The van der Waals surface area contributed by atoms with Crippen LogP contribution in [0.15, 0.2) is 0 Å². The zero-order chi connectivity index (χ0) is 13.0. The van der Waals surface area contributed by atoms with Crippen molar-refractivity contribution in [2.75, 3.05) is 19.7 Å². The van der Waals surface area contributed by atoms with E-state index in [0.29, 0.717) is 17.7 Å². The second-order valence-corrected chi connectivity index (χ2v) is 6.39. The number of piperidine rings is 1. The Morgan fingerprint density at radius 2 is 1.65 bits per heavy atom. The minimum absolute atomic E-state index is 0. The van der Waals surface area contributed by atoms with Gasteiger partial charge in [0.1, 0.15) is 0 Å². The maximum absolute atomic E-state index is 6.00. The van der Waals surface area contributed by atoms with Gasteiger partial charge in [-0.1, -0.05) is 6.92 Å². The predicted octanol–water partition coefficient (Wildman–Crippen LogP) is 3.38. The highest BCUT2D eigenvalue weighted by Crippen LogP contribution is 2.36. The predicted molar refractivity (Wildman–Crippen MR) is 90.2 cm³/mol. The molecule has 0 spiro atoms. The van der Waals surface area contributed by atoms with E-state index in [-0.39, 0.29) is 24.8 Å². The summed E-state index contributed by atoms with van der Waals surface area (Å²) >= 11 is 0. The molecule has 0 atom stereocenters. The van der Waals surface area contributed by atoms with E-state index in [0.717, 1.165) is 13.0 Å². The third-order valence-corrected chi connectivity index (χ3v) is 4.87. The third-order valence-electron chi connectivity index (χ3n) is 4.87. The lowest BCUT2D eigenvalue weighted by molar-refractivity contribution is -0.0282. The van der Waals surface area contributed by atoms with Crippen molar-refractivity contribution in [1.29, 1.82) is 0 Å². The number of halogens is 2. The molecule has 0 aromatic rings. The summed E-state index contributed by atoms with van der Waals surface area (Å²) in [5.74, 6) is 0. The standard InChI is InChI=1S/C15H30N2O.2ClH/c1-3-12-18-14-4-8-15(2,9-5-14)17-10-6-13(16)7-11-17;;/h13-14H,3-12,16H2,1-2H3;2*1H. The third kappa shape index (κ3) is 5.34. The van der Waals surface area contributed by atoms with E-state index >= 15 is 0 Å². The van der Waals surface area contributed by atoms with Crippen molar-refractivity contribution >= 4 is 24.8 Å². The number of ether oxygens (including phenoxy) is 1. The lowest BCUT2D eigenvalue weighted by atomic mass is 9.79. The summed E-state index contributed by atoms with van der Waals surface area (Å²) in [5.41, 5.74) is 6.41. The van der Waals surface area contributed by atoms with Gasteiger partial charge in [0.25, 0.3) is 0 Å². The van der Waals surface area contributed by atoms with Gasteiger partial charge in [0.2, 0.25) is 0 Å². The molecule has 0 aromatic carbocycles. The maximum atomic E-state index is 6.00. The van der Waals surface area contributed by atoms with Gasteiger partial charge in [0.15, 0.2) is 0 Å². The molecule has 2 fully saturated rings. The van der Waals surface area contributed by atoms with E-state index in [1.54, 1.807) is 0 Å². The van der Waals surface area contributed by atoms with Crippen molar-refractivity contribution < 1.29 is 4.74 Å². The molecule has 20 heavy (non-hydrogen) atoms. The summed E-state index contributed by atoms with van der Waals surface area (Å²) in [6, 6.07) is 0.439. The molecule has 1 saturated carbocycles. The summed E-state index contributed by atoms with van der Waals surface area (Å²) in [6.07, 6.45) is 9.05. The van der Waals surface area contributed by atoms with Gasteiger partial charge < -0.3 is 10.5 Å². The van der Waals surface area contributed by atoms with Crippen LogP contribution >= 0.6 is 24.8 Å². The first-order valence-corrected chi connectivity index (χ1v) is 7.76. The normalized spacial score (nSPS) is 32.2. The number of hydrogen-bond donors (Lipinski definition) is 1. The Morgan fingerprint density at radius 1 is 1.10 bits per heavy atom. The molecule has 1 heterocycles. The largest absolute Gasteiger partial charge is 0.378 e. The van der Waals surface area contributed by atoms with Crippen LogP contribution in [0.3, 0.4) is 0 Å². The van der Waals surface area contributed by atoms with Crippen LogP contribution < -0.4 is 5.73 Å². The van der Waals surface area contributed by atoms with Crippen LogP contribution in [0, 0.1) is 0 Å². The fraction of sp³-hybridized carbons (Fsp3) is 1.00. The zero-order valence-electron chi connectivity index (χ0n) is 13.0. The number of nitrogens with zero attached hydrogens (tertiary/aromatic N) is 1. The summed E-state index contributed by atoms with van der Waals surface area (Å²) in [7, 11) is 0. The number of rotatable bonds is 4. The van der Waals surface area contributed by atoms with Crippen molar-refractivity contribution in [2.45, 2.75) is 76.5 Å². The first-order valence-electron chi connectivity index (χ1n) is 7.76. The molecule has 0 bridgehead atoms. The van der Waals surface area contributed by atoms with Crippen LogP contribution in [-0.4, -0.2) is 42.3 Å². The topological polar surface area (TPSA) is 38.5 Å². The number of hydrogen-bond acceptors (Lipinski definition) is 3. The lowest BCUT2D eigenvalue weighted by Crippen LogP contribution is -2.54. The Labute approximate surface area is 136 Å². The van der Waals surface area contributed by atoms with Crippen molar-refractivity contribution in [1.82, 2.24) is 4.90 Å². The van der Waals surface area contributed by atoms with Gasteiger partial charge in [-0.2, -0.15) is 0 Å². The smallest absolute Gasteiger partial charge is 0.0576 e. The second-order valence-electron chi connectivity index (χ2n) is 6.39. The minimum Gasteiger partial charge on any atom is -0.378 e. The average Bonchev–Trinajstić information content (AvgIpc) is 2.39. The first-order chi connectivity index (χ1) is 8.64. The minimum atomic E-state index is 0. The lowest BCUT2D eigenvalue weighted by Gasteiger charge is -2.48. The Kier molecular flexibility index (Phi) is 9.69. The van der Waals surface area contributed by atoms with E-state index < -0.39 is 0 Å². The second kappa shape index (κ2) is 9.47. The van der Waals surface area contributed by atoms with E-state index in [1.165, 1.54) is 51.6 Å². The quantitative estimate of drug-likeness (QED) is 0.860. The van der Waals surface area contributed by atoms with E-state index in [4.69, 9.17) is 10.5 Å². The van der Waals surface area contributed by atoms with E-state index in [1.807, 2.05) is 0 Å². The van der Waals surface area contributed by atoms with Crippen LogP contribution in [0.4, 0.5) is 0 Å². The van der Waals surface area contributed by atoms with Crippen molar-refractivity contribution in [3.63, 3.8) is 0 Å². The van der Waals surface area contributed by atoms with Crippen molar-refractivity contribution in [2.24, 2.45) is 5.73 Å². The molecule has 2 N–H and O–H groups in total. The summed E-state index contributed by atoms with van der Waals surface area (Å²) < 4.78 is 5.89. The summed E-state index contributed by atoms with van der Waals surface area (Å²) in [4.78, 5) is 2.69. The van der Waals surface area contributed by atoms with Gasteiger partial charge in [-0.25, -0.2) is 0 Å². The van der Waals surface area contributed by atoms with Crippen LogP contribution in [0.1, 0.15) is 58.8 Å². The zero-order valence-corrected chi connectivity index (χ0v) is 14.6. The fourth-order valence-corrected chi connectivity index (χ4v) is 3.42. The molecule has 1 saturated heterocycles. The van der Waals surface area contributed by atoms with E-state index in [9.17, 15) is 0 Å². The Bertz CT molecular complexity index is 250. The summed E-state index contributed by atoms with van der Waals surface area (Å²) in [6.45, 7) is 7.94. The van der Waals surface area contributed by atoms with Crippen LogP contribution in [0.5, 0.6) is 0 Å². The highest BCUT2D eigenvalue weighted by atomic mass is 35.5. The molecule has 1 aliphatic carbocycles. The Morgan fingerprint density at radius 3 is 2.15 bits per heavy atom. The van der Waals surface area contributed by atoms with Crippen LogP contribution in [0.25, 0.3) is 0 Å². The van der Waals surface area contributed by atoms with Crippen LogP contribution in [0.2, 0.25) is 0 Å². The SMILES string of the molecule is CCCOC1CCC(C)(N2CCC(N)CC2)CC1.Cl.Cl. The van der Waals surface area contributed by atoms with Gasteiger partial charge in [-0.05, 0) is 51.9 Å². The van der Waals surface area contributed by atoms with Gasteiger partial charge in [0, 0.05) is 31.3 Å². The molecule has 1 aliphatic heterocycles. The van der Waals surface area contributed by atoms with Crippen molar-refractivity contribution in [3.8, 4) is 0 Å². The molecular weight excluding hydrogens is 295 g/mol. The Hall–Kier alpha value is 0.460. The monoisotopic (exact) mass is 326 g/mol. The molecule has 5 heteroatoms. The average molecular weight is 327 g/mol. The number of nitrogens with two attached hydrogens (primary N) is 1. The molecular formula is C15H32Cl2N2O. The molecule has 0 radical (unpaired) electrons. The maximum Gasteiger partial charge on any atom is 0.0576 e. The molecule has 3 nitrogen and oxygen atoms in total. The Balaban J connectivity index is 0.00000180. The molecule has 0 unspecified atom stereocenters. The fourth-order valence-electron chi connectivity index (χ4n) is 3.42. The first kappa shape index (κ1) is 20.5. The molecule has 0 amide bonds. The van der Waals surface area contributed by atoms with Crippen molar-refractivity contribution in [3.05, 3.63) is 0 Å². The molecule has 2 aliphatic rings. The molecule has 122 valence electrons.